The van der Waals surface area contributed by atoms with Crippen LogP contribution in [0.3, 0.4) is 0 Å². The second-order valence-electron chi connectivity index (χ2n) is 3.57. The predicted octanol–water partition coefficient (Wildman–Crippen LogP) is 1.45. The molecule has 0 spiro atoms. The van der Waals surface area contributed by atoms with Crippen LogP contribution in [0.1, 0.15) is 5.56 Å². The van der Waals surface area contributed by atoms with Crippen LogP contribution in [-0.4, -0.2) is 17.6 Å². The molecule has 0 heterocycles. The van der Waals surface area contributed by atoms with Gasteiger partial charge in [0.2, 0.25) is 5.91 Å². The maximum Gasteiger partial charge on any atom is 0.245 e. The summed E-state index contributed by atoms with van der Waals surface area (Å²) >= 11 is 0. The van der Waals surface area contributed by atoms with Gasteiger partial charge < -0.3 is 10.4 Å². The molecule has 2 aromatic rings. The quantitative estimate of drug-likeness (QED) is 0.814. The molecule has 0 saturated carbocycles. The second kappa shape index (κ2) is 4.77. The highest BCUT2D eigenvalue weighted by atomic mass is 16.3. The van der Waals surface area contributed by atoms with Crippen LogP contribution in [0.25, 0.3) is 10.8 Å². The summed E-state index contributed by atoms with van der Waals surface area (Å²) in [5.41, 5.74) is 1.06. The van der Waals surface area contributed by atoms with Crippen LogP contribution in [0.15, 0.2) is 42.5 Å². The van der Waals surface area contributed by atoms with E-state index in [4.69, 9.17) is 5.11 Å². The summed E-state index contributed by atoms with van der Waals surface area (Å²) in [5.74, 6) is -0.354. The van der Waals surface area contributed by atoms with Crippen LogP contribution in [0.5, 0.6) is 0 Å². The fraction of sp³-hybridized carbons (Fsp3) is 0.154. The molecule has 0 bridgehead atoms. The van der Waals surface area contributed by atoms with Gasteiger partial charge in [-0.2, -0.15) is 0 Å². The summed E-state index contributed by atoms with van der Waals surface area (Å²) in [4.78, 5) is 11.0. The summed E-state index contributed by atoms with van der Waals surface area (Å²) in [6.45, 7) is -0.0223. The summed E-state index contributed by atoms with van der Waals surface area (Å²) in [6, 6.07) is 14.0. The van der Waals surface area contributed by atoms with E-state index in [1.54, 1.807) is 0 Å². The van der Waals surface area contributed by atoms with Crippen molar-refractivity contribution in [2.75, 3.05) is 6.61 Å². The van der Waals surface area contributed by atoms with Gasteiger partial charge in [-0.1, -0.05) is 42.5 Å². The molecule has 0 saturated heterocycles. The Kier molecular flexibility index (Phi) is 3.17. The van der Waals surface area contributed by atoms with Crippen LogP contribution in [0, 0.1) is 0 Å². The fourth-order valence-corrected chi connectivity index (χ4v) is 1.70. The van der Waals surface area contributed by atoms with Crippen molar-refractivity contribution >= 4 is 16.7 Å². The third-order valence-corrected chi connectivity index (χ3v) is 2.50. The zero-order valence-electron chi connectivity index (χ0n) is 8.81. The van der Waals surface area contributed by atoms with Crippen LogP contribution in [-0.2, 0) is 11.3 Å². The van der Waals surface area contributed by atoms with E-state index in [0.29, 0.717) is 6.54 Å². The number of fused-ring (bicyclic) bond motifs is 1. The van der Waals surface area contributed by atoms with Gasteiger partial charge >= 0.3 is 0 Å². The van der Waals surface area contributed by atoms with Gasteiger partial charge in [0.1, 0.15) is 6.61 Å². The number of amides is 1. The molecule has 0 radical (unpaired) electrons. The Labute approximate surface area is 93.7 Å². The average molecular weight is 215 g/mol. The summed E-state index contributed by atoms with van der Waals surface area (Å²) in [5, 5.41) is 13.5. The zero-order chi connectivity index (χ0) is 11.4. The van der Waals surface area contributed by atoms with Gasteiger partial charge in [0.25, 0.3) is 0 Å². The number of hydrogen-bond acceptors (Lipinski definition) is 2. The SMILES string of the molecule is O=C(CO)NCc1cccc2ccccc12. The Balaban J connectivity index is 2.27. The molecular formula is C13H13NO2. The van der Waals surface area contributed by atoms with Crippen molar-refractivity contribution in [3.8, 4) is 0 Å². The molecular weight excluding hydrogens is 202 g/mol. The maximum atomic E-state index is 11.0. The molecule has 82 valence electrons. The number of carbonyl (C=O) groups is 1. The number of benzene rings is 2. The van der Waals surface area contributed by atoms with E-state index in [1.807, 2.05) is 42.5 Å². The van der Waals surface area contributed by atoms with Crippen molar-refractivity contribution in [2.24, 2.45) is 0 Å². The lowest BCUT2D eigenvalue weighted by molar-refractivity contribution is -0.123. The van der Waals surface area contributed by atoms with E-state index in [0.717, 1.165) is 16.3 Å². The first-order valence-electron chi connectivity index (χ1n) is 5.15. The van der Waals surface area contributed by atoms with Crippen LogP contribution in [0.4, 0.5) is 0 Å². The molecule has 16 heavy (non-hydrogen) atoms. The molecule has 0 aliphatic rings. The standard InChI is InChI=1S/C13H13NO2/c15-9-13(16)14-8-11-6-3-5-10-4-1-2-7-12(10)11/h1-7,15H,8-9H2,(H,14,16). The summed E-state index contributed by atoms with van der Waals surface area (Å²) in [7, 11) is 0. The number of aliphatic hydroxyl groups excluding tert-OH is 1. The average Bonchev–Trinajstić information content (AvgIpc) is 2.35. The minimum absolute atomic E-state index is 0.354. The van der Waals surface area contributed by atoms with Crippen LogP contribution in [0.2, 0.25) is 0 Å². The molecule has 2 rings (SSSR count). The lowest BCUT2D eigenvalue weighted by atomic mass is 10.0. The molecule has 0 unspecified atom stereocenters. The van der Waals surface area contributed by atoms with Gasteiger partial charge in [-0.3, -0.25) is 4.79 Å². The van der Waals surface area contributed by atoms with E-state index < -0.39 is 6.61 Å². The van der Waals surface area contributed by atoms with Crippen LogP contribution >= 0.6 is 0 Å². The van der Waals surface area contributed by atoms with Gasteiger partial charge in [-0.25, -0.2) is 0 Å². The Bertz CT molecular complexity index is 503. The highest BCUT2D eigenvalue weighted by Crippen LogP contribution is 2.17. The Morgan fingerprint density at radius 3 is 2.69 bits per heavy atom. The number of aliphatic hydroxyl groups is 1. The third kappa shape index (κ3) is 2.20. The lowest BCUT2D eigenvalue weighted by Gasteiger charge is -2.07. The van der Waals surface area contributed by atoms with Crippen molar-refractivity contribution in [1.29, 1.82) is 0 Å². The predicted molar refractivity (Wildman–Crippen MR) is 62.9 cm³/mol. The topological polar surface area (TPSA) is 49.3 Å². The Morgan fingerprint density at radius 2 is 1.88 bits per heavy atom. The van der Waals surface area contributed by atoms with Gasteiger partial charge in [0.05, 0.1) is 0 Å². The summed E-state index contributed by atoms with van der Waals surface area (Å²) < 4.78 is 0. The van der Waals surface area contributed by atoms with Gasteiger partial charge in [-0.05, 0) is 16.3 Å². The van der Waals surface area contributed by atoms with Gasteiger partial charge in [0.15, 0.2) is 0 Å². The smallest absolute Gasteiger partial charge is 0.245 e. The third-order valence-electron chi connectivity index (χ3n) is 2.50. The minimum atomic E-state index is -0.467. The first-order valence-corrected chi connectivity index (χ1v) is 5.15. The Hall–Kier alpha value is -1.87. The molecule has 0 aliphatic heterocycles. The van der Waals surface area contributed by atoms with Crippen molar-refractivity contribution in [1.82, 2.24) is 5.32 Å². The molecule has 3 heteroatoms. The van der Waals surface area contributed by atoms with Crippen molar-refractivity contribution in [3.63, 3.8) is 0 Å². The van der Waals surface area contributed by atoms with E-state index >= 15 is 0 Å². The van der Waals surface area contributed by atoms with Crippen molar-refractivity contribution in [2.45, 2.75) is 6.54 Å². The number of hydrogen-bond donors (Lipinski definition) is 2. The first-order chi connectivity index (χ1) is 7.81. The highest BCUT2D eigenvalue weighted by Gasteiger charge is 2.02. The largest absolute Gasteiger partial charge is 0.387 e. The van der Waals surface area contributed by atoms with Crippen molar-refractivity contribution < 1.29 is 9.90 Å². The highest BCUT2D eigenvalue weighted by molar-refractivity contribution is 5.86. The van der Waals surface area contributed by atoms with E-state index in [9.17, 15) is 4.79 Å². The number of rotatable bonds is 3. The van der Waals surface area contributed by atoms with E-state index in [2.05, 4.69) is 5.32 Å². The van der Waals surface area contributed by atoms with Crippen LogP contribution < -0.4 is 5.32 Å². The maximum absolute atomic E-state index is 11.0. The minimum Gasteiger partial charge on any atom is -0.387 e. The number of nitrogens with one attached hydrogen (secondary N) is 1. The normalized spacial score (nSPS) is 10.3. The molecule has 0 aromatic heterocycles. The van der Waals surface area contributed by atoms with E-state index in [-0.39, 0.29) is 5.91 Å². The molecule has 2 aromatic carbocycles. The zero-order valence-corrected chi connectivity index (χ0v) is 8.81. The molecule has 2 N–H and O–H groups in total. The molecule has 0 fully saturated rings. The Morgan fingerprint density at radius 1 is 1.12 bits per heavy atom. The second-order valence-corrected chi connectivity index (χ2v) is 3.57. The fourth-order valence-electron chi connectivity index (χ4n) is 1.70. The van der Waals surface area contributed by atoms with E-state index in [1.165, 1.54) is 0 Å². The molecule has 0 aliphatic carbocycles. The van der Waals surface area contributed by atoms with Crippen molar-refractivity contribution in [3.05, 3.63) is 48.0 Å². The molecule has 3 nitrogen and oxygen atoms in total. The first kappa shape index (κ1) is 10.6. The number of carbonyl (C=O) groups excluding carboxylic acids is 1. The van der Waals surface area contributed by atoms with Gasteiger partial charge in [-0.15, -0.1) is 0 Å². The molecule has 1 amide bonds. The van der Waals surface area contributed by atoms with Gasteiger partial charge in [0, 0.05) is 6.54 Å². The monoisotopic (exact) mass is 215 g/mol. The summed E-state index contributed by atoms with van der Waals surface area (Å²) in [6.07, 6.45) is 0. The molecule has 0 atom stereocenters. The lowest BCUT2D eigenvalue weighted by Crippen LogP contribution is -2.25.